The predicted molar refractivity (Wildman–Crippen MR) is 55.1 cm³/mol. The van der Waals surface area contributed by atoms with Crippen molar-refractivity contribution < 1.29 is 0 Å². The van der Waals surface area contributed by atoms with Crippen LogP contribution in [0.1, 0.15) is 11.4 Å². The second kappa shape index (κ2) is 4.22. The van der Waals surface area contributed by atoms with Gasteiger partial charge in [-0.2, -0.15) is 5.10 Å². The van der Waals surface area contributed by atoms with Crippen LogP contribution in [0.15, 0.2) is 18.5 Å². The van der Waals surface area contributed by atoms with Crippen molar-refractivity contribution in [2.45, 2.75) is 13.0 Å². The molecular formula is C9H14N6. The zero-order chi connectivity index (χ0) is 10.7. The number of aromatic nitrogens is 5. The Hall–Kier alpha value is -1.69. The fraction of sp³-hybridized carbons (Fsp3) is 0.444. The van der Waals surface area contributed by atoms with Crippen LogP contribution in [0.2, 0.25) is 0 Å². The summed E-state index contributed by atoms with van der Waals surface area (Å²) < 4.78 is 3.54. The second-order valence-electron chi connectivity index (χ2n) is 3.43. The number of hydrogen-bond donors (Lipinski definition) is 1. The molecule has 0 bridgehead atoms. The first-order chi connectivity index (χ1) is 7.28. The van der Waals surface area contributed by atoms with E-state index in [1.165, 1.54) is 0 Å². The molecule has 80 valence electrons. The molecule has 0 unspecified atom stereocenters. The van der Waals surface area contributed by atoms with E-state index in [0.29, 0.717) is 13.1 Å². The third-order valence-corrected chi connectivity index (χ3v) is 2.08. The van der Waals surface area contributed by atoms with Crippen LogP contribution in [0, 0.1) is 0 Å². The Morgan fingerprint density at radius 2 is 2.27 bits per heavy atom. The Morgan fingerprint density at radius 3 is 2.93 bits per heavy atom. The lowest BCUT2D eigenvalue weighted by Crippen LogP contribution is -2.03. The Bertz CT molecular complexity index is 429. The summed E-state index contributed by atoms with van der Waals surface area (Å²) in [6.07, 6.45) is 4.58. The van der Waals surface area contributed by atoms with Gasteiger partial charge in [0, 0.05) is 25.9 Å². The van der Waals surface area contributed by atoms with E-state index >= 15 is 0 Å². The minimum atomic E-state index is 0.599. The molecule has 0 aliphatic heterocycles. The van der Waals surface area contributed by atoms with Gasteiger partial charge in [-0.05, 0) is 12.6 Å². The van der Waals surface area contributed by atoms with Crippen molar-refractivity contribution in [2.24, 2.45) is 12.8 Å². The molecule has 6 nitrogen and oxygen atoms in total. The third-order valence-electron chi connectivity index (χ3n) is 2.08. The number of aryl methyl sites for hydroxylation is 1. The molecule has 0 saturated heterocycles. The lowest BCUT2D eigenvalue weighted by Gasteiger charge is -1.94. The van der Waals surface area contributed by atoms with Gasteiger partial charge < -0.3 is 5.73 Å². The van der Waals surface area contributed by atoms with Crippen LogP contribution in [0.25, 0.3) is 0 Å². The molecule has 15 heavy (non-hydrogen) atoms. The minimum absolute atomic E-state index is 0.599. The summed E-state index contributed by atoms with van der Waals surface area (Å²) in [5.74, 6) is 0. The highest BCUT2D eigenvalue weighted by Crippen LogP contribution is 1.99. The normalized spacial score (nSPS) is 10.8. The molecule has 0 saturated carbocycles. The molecule has 0 aliphatic carbocycles. The summed E-state index contributed by atoms with van der Waals surface area (Å²) in [5, 5.41) is 12.3. The minimum Gasteiger partial charge on any atom is -0.330 e. The molecule has 0 atom stereocenters. The van der Waals surface area contributed by atoms with Crippen LogP contribution in [-0.2, 0) is 20.0 Å². The van der Waals surface area contributed by atoms with Crippen LogP contribution < -0.4 is 5.73 Å². The Morgan fingerprint density at radius 1 is 1.40 bits per heavy atom. The highest BCUT2D eigenvalue weighted by molar-refractivity contribution is 5.01. The molecule has 2 rings (SSSR count). The molecule has 0 aliphatic rings. The van der Waals surface area contributed by atoms with Crippen molar-refractivity contribution in [3.63, 3.8) is 0 Å². The van der Waals surface area contributed by atoms with Crippen molar-refractivity contribution >= 4 is 0 Å². The van der Waals surface area contributed by atoms with Gasteiger partial charge >= 0.3 is 0 Å². The van der Waals surface area contributed by atoms with E-state index < -0.39 is 0 Å². The molecule has 0 amide bonds. The van der Waals surface area contributed by atoms with Crippen LogP contribution in [0.4, 0.5) is 0 Å². The Labute approximate surface area is 87.7 Å². The number of hydrogen-bond acceptors (Lipinski definition) is 4. The first-order valence-corrected chi connectivity index (χ1v) is 4.85. The topological polar surface area (TPSA) is 74.5 Å². The maximum atomic E-state index is 5.43. The summed E-state index contributed by atoms with van der Waals surface area (Å²) in [5.41, 5.74) is 7.33. The molecular weight excluding hydrogens is 192 g/mol. The molecule has 6 heteroatoms. The number of rotatable bonds is 4. The van der Waals surface area contributed by atoms with E-state index in [0.717, 1.165) is 17.8 Å². The fourth-order valence-corrected chi connectivity index (χ4v) is 1.39. The summed E-state index contributed by atoms with van der Waals surface area (Å²) in [6, 6.07) is 1.96. The molecule has 2 aromatic rings. The maximum Gasteiger partial charge on any atom is 0.0867 e. The van der Waals surface area contributed by atoms with E-state index in [1.807, 2.05) is 25.5 Å². The van der Waals surface area contributed by atoms with Gasteiger partial charge in [-0.1, -0.05) is 5.21 Å². The Balaban J connectivity index is 2.04. The van der Waals surface area contributed by atoms with Crippen LogP contribution in [0.5, 0.6) is 0 Å². The van der Waals surface area contributed by atoms with Gasteiger partial charge in [0.25, 0.3) is 0 Å². The van der Waals surface area contributed by atoms with Gasteiger partial charge in [-0.3, -0.25) is 4.68 Å². The van der Waals surface area contributed by atoms with Crippen molar-refractivity contribution in [3.05, 3.63) is 29.8 Å². The SMILES string of the molecule is Cn1ccc(Cn2cc(CCN)nn2)n1. The first-order valence-electron chi connectivity index (χ1n) is 4.85. The quantitative estimate of drug-likeness (QED) is 0.736. The van der Waals surface area contributed by atoms with Crippen LogP contribution >= 0.6 is 0 Å². The second-order valence-corrected chi connectivity index (χ2v) is 3.43. The fourth-order valence-electron chi connectivity index (χ4n) is 1.39. The van der Waals surface area contributed by atoms with Gasteiger partial charge in [0.2, 0.25) is 0 Å². The number of nitrogens with two attached hydrogens (primary N) is 1. The van der Waals surface area contributed by atoms with Crippen molar-refractivity contribution in [1.82, 2.24) is 24.8 Å². The average Bonchev–Trinajstić information content (AvgIpc) is 2.78. The van der Waals surface area contributed by atoms with Crippen molar-refractivity contribution in [1.29, 1.82) is 0 Å². The molecule has 2 N–H and O–H groups in total. The predicted octanol–water partition coefficient (Wildman–Crippen LogP) is -0.439. The van der Waals surface area contributed by atoms with Gasteiger partial charge in [0.05, 0.1) is 17.9 Å². The molecule has 0 spiro atoms. The van der Waals surface area contributed by atoms with E-state index in [1.54, 1.807) is 9.36 Å². The van der Waals surface area contributed by atoms with Crippen molar-refractivity contribution in [3.8, 4) is 0 Å². The summed E-state index contributed by atoms with van der Waals surface area (Å²) in [6.45, 7) is 1.25. The largest absolute Gasteiger partial charge is 0.330 e. The average molecular weight is 206 g/mol. The van der Waals surface area contributed by atoms with Crippen LogP contribution in [-0.4, -0.2) is 31.3 Å². The molecule has 0 aromatic carbocycles. The third kappa shape index (κ3) is 2.41. The van der Waals surface area contributed by atoms with Crippen LogP contribution in [0.3, 0.4) is 0 Å². The number of nitrogens with zero attached hydrogens (tertiary/aromatic N) is 5. The summed E-state index contributed by atoms with van der Waals surface area (Å²) in [4.78, 5) is 0. The standard InChI is InChI=1S/C9H14N6/c1-14-5-3-9(12-14)7-15-6-8(2-4-10)11-13-15/h3,5-6H,2,4,7,10H2,1H3. The zero-order valence-corrected chi connectivity index (χ0v) is 8.67. The van der Waals surface area contributed by atoms with E-state index in [9.17, 15) is 0 Å². The van der Waals surface area contributed by atoms with Gasteiger partial charge in [-0.25, -0.2) is 4.68 Å². The molecule has 2 heterocycles. The van der Waals surface area contributed by atoms with Gasteiger partial charge in [0.15, 0.2) is 0 Å². The highest BCUT2D eigenvalue weighted by Gasteiger charge is 2.02. The molecule has 0 radical (unpaired) electrons. The summed E-state index contributed by atoms with van der Waals surface area (Å²) >= 11 is 0. The lowest BCUT2D eigenvalue weighted by atomic mass is 10.3. The smallest absolute Gasteiger partial charge is 0.0867 e. The van der Waals surface area contributed by atoms with E-state index in [4.69, 9.17) is 5.73 Å². The monoisotopic (exact) mass is 206 g/mol. The first kappa shape index (κ1) is 9.85. The molecule has 0 fully saturated rings. The molecule has 2 aromatic heterocycles. The lowest BCUT2D eigenvalue weighted by molar-refractivity contribution is 0.624. The van der Waals surface area contributed by atoms with Crippen molar-refractivity contribution in [2.75, 3.05) is 6.54 Å². The van der Waals surface area contributed by atoms with Gasteiger partial charge in [0.1, 0.15) is 0 Å². The van der Waals surface area contributed by atoms with E-state index in [2.05, 4.69) is 15.4 Å². The Kier molecular flexibility index (Phi) is 2.77. The van der Waals surface area contributed by atoms with Gasteiger partial charge in [-0.15, -0.1) is 5.10 Å². The van der Waals surface area contributed by atoms with E-state index in [-0.39, 0.29) is 0 Å². The summed E-state index contributed by atoms with van der Waals surface area (Å²) in [7, 11) is 1.89. The maximum absolute atomic E-state index is 5.43. The zero-order valence-electron chi connectivity index (χ0n) is 8.67. The highest BCUT2D eigenvalue weighted by atomic mass is 15.4.